The van der Waals surface area contributed by atoms with Crippen LogP contribution in [0.1, 0.15) is 0 Å². The zero-order valence-electron chi connectivity index (χ0n) is 59.9. The molecule has 0 radical (unpaired) electrons. The maximum Gasteiger partial charge on any atom is 0.160 e. The van der Waals surface area contributed by atoms with Gasteiger partial charge in [-0.15, -0.1) is 0 Å². The van der Waals surface area contributed by atoms with Crippen LogP contribution in [0.3, 0.4) is 0 Å². The first-order valence-corrected chi connectivity index (χ1v) is 36.9. The zero-order valence-corrected chi connectivity index (χ0v) is 59.9. The Bertz CT molecular complexity index is 6040. The third-order valence-electron chi connectivity index (χ3n) is 19.9. The fourth-order valence-electron chi connectivity index (χ4n) is 14.0. The molecule has 0 N–H and O–H groups in total. The van der Waals surface area contributed by atoms with E-state index in [1.54, 1.807) is 0 Å². The van der Waals surface area contributed by atoms with Crippen molar-refractivity contribution in [3.05, 3.63) is 419 Å². The molecule has 7 nitrogen and oxygen atoms in total. The summed E-state index contributed by atoms with van der Waals surface area (Å²) in [6.07, 6.45) is 0. The lowest BCUT2D eigenvalue weighted by Gasteiger charge is -2.15. The topological polar surface area (TPSA) is 82.9 Å². The average Bonchev–Trinajstić information content (AvgIpc) is 0.851. The normalized spacial score (nSPS) is 11.1. The van der Waals surface area contributed by atoms with Crippen molar-refractivity contribution in [3.63, 3.8) is 0 Å². The molecule has 0 amide bonds. The molecule has 0 unspecified atom stereocenters. The van der Waals surface area contributed by atoms with Crippen LogP contribution in [0.5, 0.6) is 23.0 Å². The summed E-state index contributed by atoms with van der Waals surface area (Å²) < 4.78 is 13.5. The van der Waals surface area contributed by atoms with Crippen molar-refractivity contribution in [2.45, 2.75) is 0 Å². The van der Waals surface area contributed by atoms with Gasteiger partial charge in [0.15, 0.2) is 5.82 Å². The fraction of sp³-hybridized carbons (Fsp3) is 0. The Balaban J connectivity index is 0.641. The van der Waals surface area contributed by atoms with Crippen LogP contribution in [0.2, 0.25) is 0 Å². The summed E-state index contributed by atoms with van der Waals surface area (Å²) in [7, 11) is 0. The smallest absolute Gasteiger partial charge is 0.160 e. The molecule has 0 aliphatic heterocycles. The third kappa shape index (κ3) is 15.0. The molecule has 18 rings (SSSR count). The van der Waals surface area contributed by atoms with Gasteiger partial charge in [-0.05, 0) is 176 Å². The van der Waals surface area contributed by atoms with Gasteiger partial charge in [0, 0.05) is 55.6 Å². The summed E-state index contributed by atoms with van der Waals surface area (Å²) in [6.45, 7) is 0. The number of pyridine rings is 3. The predicted molar refractivity (Wildman–Crippen MR) is 450 cm³/mol. The first-order valence-electron chi connectivity index (χ1n) is 36.9. The van der Waals surface area contributed by atoms with Gasteiger partial charge in [0.1, 0.15) is 23.0 Å². The SMILES string of the molecule is c1ccc(-c2cc(-c3ccccc3)nc(-c3ccc(Oc4ccc(-c5cc(-c6ccccc6)cc(-c6ccc(-c7cc(-c8ccc(-c9cc(-c%10ccccc%10)cc(-c%10ccccc%10)n9)cc8)ccc7Oc7ccc(-c8ccc(-c9nc(-c%10ccccc%10)cc(-c%10ccccc%10)n9)cc8)cc7)cc6)n5)cc4)cc3)c2)cc1. The second-order valence-electron chi connectivity index (χ2n) is 27.1. The minimum Gasteiger partial charge on any atom is -0.457 e. The Hall–Kier alpha value is -14.8. The van der Waals surface area contributed by atoms with Crippen molar-refractivity contribution in [2.24, 2.45) is 0 Å². The molecule has 4 heterocycles. The van der Waals surface area contributed by atoms with Crippen LogP contribution in [0.15, 0.2) is 419 Å². The molecule has 110 heavy (non-hydrogen) atoms. The molecule has 0 bridgehead atoms. The number of rotatable bonds is 19. The van der Waals surface area contributed by atoms with E-state index in [1.165, 1.54) is 0 Å². The van der Waals surface area contributed by atoms with Gasteiger partial charge >= 0.3 is 0 Å². The molecular formula is C103H69N5O2. The van der Waals surface area contributed by atoms with Crippen molar-refractivity contribution < 1.29 is 9.47 Å². The Kier molecular flexibility index (Phi) is 18.7. The molecule has 18 aromatic rings. The number of hydrogen-bond donors (Lipinski definition) is 0. The Labute approximate surface area is 640 Å². The monoisotopic (exact) mass is 1410 g/mol. The molecule has 518 valence electrons. The van der Waals surface area contributed by atoms with Crippen LogP contribution in [0.25, 0.3) is 168 Å². The number of aromatic nitrogens is 5. The van der Waals surface area contributed by atoms with Crippen molar-refractivity contribution in [1.29, 1.82) is 0 Å². The maximum atomic E-state index is 6.98. The molecule has 0 atom stereocenters. The number of benzene rings is 14. The highest BCUT2D eigenvalue weighted by molar-refractivity contribution is 5.85. The number of nitrogens with zero attached hydrogens (tertiary/aromatic N) is 5. The van der Waals surface area contributed by atoms with Gasteiger partial charge in [0.05, 0.1) is 45.6 Å². The molecule has 0 fully saturated rings. The van der Waals surface area contributed by atoms with Gasteiger partial charge in [-0.3, -0.25) is 0 Å². The number of hydrogen-bond acceptors (Lipinski definition) is 7. The lowest BCUT2D eigenvalue weighted by atomic mass is 9.95. The van der Waals surface area contributed by atoms with Crippen LogP contribution in [0.4, 0.5) is 0 Å². The Morgan fingerprint density at radius 2 is 0.355 bits per heavy atom. The summed E-state index contributed by atoms with van der Waals surface area (Å²) in [5, 5.41) is 0. The van der Waals surface area contributed by atoms with Crippen molar-refractivity contribution in [2.75, 3.05) is 0 Å². The van der Waals surface area contributed by atoms with Gasteiger partial charge in [-0.25, -0.2) is 24.9 Å². The van der Waals surface area contributed by atoms with E-state index >= 15 is 0 Å². The first-order chi connectivity index (χ1) is 54.4. The van der Waals surface area contributed by atoms with Crippen LogP contribution < -0.4 is 9.47 Å². The summed E-state index contributed by atoms with van der Waals surface area (Å²) in [6, 6.07) is 145. The first kappa shape index (κ1) is 67.1. The molecule has 0 saturated carbocycles. The van der Waals surface area contributed by atoms with E-state index in [1.807, 2.05) is 109 Å². The third-order valence-corrected chi connectivity index (χ3v) is 19.9. The van der Waals surface area contributed by atoms with Gasteiger partial charge in [-0.2, -0.15) is 0 Å². The van der Waals surface area contributed by atoms with E-state index in [-0.39, 0.29) is 0 Å². The van der Waals surface area contributed by atoms with Crippen LogP contribution in [-0.2, 0) is 0 Å². The second-order valence-corrected chi connectivity index (χ2v) is 27.1. The highest BCUT2D eigenvalue weighted by Gasteiger charge is 2.18. The molecule has 0 aliphatic rings. The highest BCUT2D eigenvalue weighted by atomic mass is 16.5. The van der Waals surface area contributed by atoms with Gasteiger partial charge in [-0.1, -0.05) is 303 Å². The van der Waals surface area contributed by atoms with E-state index in [4.69, 9.17) is 34.4 Å². The lowest BCUT2D eigenvalue weighted by molar-refractivity contribution is 0.483. The van der Waals surface area contributed by atoms with E-state index in [0.29, 0.717) is 23.1 Å². The van der Waals surface area contributed by atoms with E-state index in [9.17, 15) is 0 Å². The van der Waals surface area contributed by atoms with E-state index in [0.717, 1.165) is 168 Å². The Morgan fingerprint density at radius 3 is 0.682 bits per heavy atom. The van der Waals surface area contributed by atoms with Crippen LogP contribution in [-0.4, -0.2) is 24.9 Å². The predicted octanol–water partition coefficient (Wildman–Crippen LogP) is 27.3. The van der Waals surface area contributed by atoms with E-state index < -0.39 is 0 Å². The highest BCUT2D eigenvalue weighted by Crippen LogP contribution is 2.42. The van der Waals surface area contributed by atoms with Crippen molar-refractivity contribution >= 4 is 0 Å². The molecule has 4 aromatic heterocycles. The molecule has 14 aromatic carbocycles. The summed E-state index contributed by atoms with van der Waals surface area (Å²) in [5.74, 6) is 3.53. The largest absolute Gasteiger partial charge is 0.457 e. The molecule has 0 spiro atoms. The summed E-state index contributed by atoms with van der Waals surface area (Å²) in [5.41, 5.74) is 28.9. The standard InChI is InChI=1S/C103H69N5O2/c1-8-22-70(23-9-1)87-63-94(77-28-14-4-15-29-77)104-96(65-87)81-42-36-75(37-43-81)86-54-61-102(110-92-55-48-74(49-56-92)73-38-46-85(47-39-73)103-107-100(79-32-18-6-19-33-79)69-101(108-103)80-34-20-7-21-35-80)93(62-86)76-40-44-82(45-41-76)97-66-89(72-26-12-3-13-27-72)68-99(106-97)84-52-59-91(60-53-84)109-90-57-50-83(51-58-90)98-67-88(71-24-10-2-11-25-71)64-95(105-98)78-30-16-5-17-31-78/h1-69H. The lowest BCUT2D eigenvalue weighted by Crippen LogP contribution is -1.95. The van der Waals surface area contributed by atoms with Crippen LogP contribution in [0, 0.1) is 0 Å². The van der Waals surface area contributed by atoms with Crippen molar-refractivity contribution in [3.8, 4) is 191 Å². The molecule has 7 heteroatoms. The van der Waals surface area contributed by atoms with Crippen LogP contribution >= 0.6 is 0 Å². The number of ether oxygens (including phenoxy) is 2. The molecule has 0 aliphatic carbocycles. The van der Waals surface area contributed by atoms with Crippen molar-refractivity contribution in [1.82, 2.24) is 24.9 Å². The maximum absolute atomic E-state index is 6.98. The summed E-state index contributed by atoms with van der Waals surface area (Å²) >= 11 is 0. The minimum absolute atomic E-state index is 0.666. The Morgan fingerprint density at radius 1 is 0.136 bits per heavy atom. The van der Waals surface area contributed by atoms with Gasteiger partial charge < -0.3 is 9.47 Å². The zero-order chi connectivity index (χ0) is 73.4. The fourth-order valence-corrected chi connectivity index (χ4v) is 14.0. The quantitative estimate of drug-likeness (QED) is 0.0798. The average molecular weight is 1410 g/mol. The summed E-state index contributed by atoms with van der Waals surface area (Å²) in [4.78, 5) is 25.9. The molecule has 0 saturated heterocycles. The molecular weight excluding hydrogens is 1340 g/mol. The van der Waals surface area contributed by atoms with Gasteiger partial charge in [0.25, 0.3) is 0 Å². The minimum atomic E-state index is 0.666. The second kappa shape index (κ2) is 30.7. The van der Waals surface area contributed by atoms with E-state index in [2.05, 4.69) is 309 Å². The van der Waals surface area contributed by atoms with Gasteiger partial charge in [0.2, 0.25) is 0 Å².